The molecule has 0 radical (unpaired) electrons. The topological polar surface area (TPSA) is 149 Å². The zero-order chi connectivity index (χ0) is 46.6. The van der Waals surface area contributed by atoms with Crippen molar-refractivity contribution >= 4 is 20.2 Å². The third-order valence-corrected chi connectivity index (χ3v) is 16.6. The number of nitrogens with one attached hydrogen (secondary N) is 1. The van der Waals surface area contributed by atoms with Crippen LogP contribution in [0, 0.1) is 6.92 Å². The van der Waals surface area contributed by atoms with Crippen LogP contribution in [0.2, 0.25) is 18.1 Å². The van der Waals surface area contributed by atoms with Crippen LogP contribution >= 0.6 is 0 Å². The minimum Gasteiger partial charge on any atom is -0.454 e. The summed E-state index contributed by atoms with van der Waals surface area (Å²) in [5.41, 5.74) is 4.73. The van der Waals surface area contributed by atoms with Gasteiger partial charge in [-0.2, -0.15) is 0 Å². The molecule has 0 spiro atoms. The van der Waals surface area contributed by atoms with Gasteiger partial charge in [-0.25, -0.2) is 0 Å². The Morgan fingerprint density at radius 3 is 1.66 bits per heavy atom. The number of aliphatic hydroxyl groups is 1. The minimum absolute atomic E-state index is 0.0486. The van der Waals surface area contributed by atoms with Crippen molar-refractivity contribution in [1.29, 1.82) is 0 Å². The number of carbonyl (C=O) groups excluding carboxylic acids is 2. The van der Waals surface area contributed by atoms with Gasteiger partial charge in [0.15, 0.2) is 27.0 Å². The van der Waals surface area contributed by atoms with Gasteiger partial charge in [0, 0.05) is 13.8 Å². The molecule has 352 valence electrons. The van der Waals surface area contributed by atoms with Crippen LogP contribution in [0.5, 0.6) is 0 Å². The molecular formula is C51H67NO12Si. The number of aliphatic hydroxyl groups excluding tert-OH is 1. The molecule has 0 aliphatic carbocycles. The van der Waals surface area contributed by atoms with Gasteiger partial charge in [0.05, 0.1) is 39.6 Å². The molecule has 4 aromatic rings. The first-order chi connectivity index (χ1) is 31.1. The highest BCUT2D eigenvalue weighted by atomic mass is 28.4. The van der Waals surface area contributed by atoms with Crippen molar-refractivity contribution in [2.75, 3.05) is 13.2 Å². The van der Waals surface area contributed by atoms with Crippen molar-refractivity contribution in [1.82, 2.24) is 5.32 Å². The third kappa shape index (κ3) is 14.3. The number of aryl methyl sites for hydroxylation is 1. The van der Waals surface area contributed by atoms with Crippen molar-refractivity contribution in [2.45, 2.75) is 147 Å². The van der Waals surface area contributed by atoms with Gasteiger partial charge < -0.3 is 52.7 Å². The van der Waals surface area contributed by atoms with Gasteiger partial charge in [-0.15, -0.1) is 0 Å². The summed E-state index contributed by atoms with van der Waals surface area (Å²) in [5.74, 6) is -1.03. The molecule has 14 heteroatoms. The lowest BCUT2D eigenvalue weighted by molar-refractivity contribution is -0.354. The first-order valence-electron chi connectivity index (χ1n) is 22.4. The summed E-state index contributed by atoms with van der Waals surface area (Å²) in [6.07, 6.45) is -9.98. The average Bonchev–Trinajstić information content (AvgIpc) is 3.27. The Morgan fingerprint density at radius 1 is 0.631 bits per heavy atom. The van der Waals surface area contributed by atoms with Gasteiger partial charge in [-0.1, -0.05) is 142 Å². The molecule has 2 saturated heterocycles. The highest BCUT2D eigenvalue weighted by molar-refractivity contribution is 6.74. The maximum Gasteiger partial charge on any atom is 0.303 e. The highest BCUT2D eigenvalue weighted by Crippen LogP contribution is 2.39. The monoisotopic (exact) mass is 913 g/mol. The Labute approximate surface area is 385 Å². The quantitative estimate of drug-likeness (QED) is 0.0666. The normalized spacial score (nSPS) is 26.0. The Hall–Kier alpha value is -4.32. The van der Waals surface area contributed by atoms with Crippen LogP contribution in [0.15, 0.2) is 115 Å². The second-order valence-electron chi connectivity index (χ2n) is 18.4. The van der Waals surface area contributed by atoms with E-state index in [2.05, 4.69) is 39.2 Å². The number of amides is 1. The molecule has 0 bridgehead atoms. The number of carbonyl (C=O) groups is 2. The molecule has 4 aromatic carbocycles. The Kier molecular flexibility index (Phi) is 18.0. The first kappa shape index (κ1) is 50.1. The lowest BCUT2D eigenvalue weighted by atomic mass is 9.95. The van der Waals surface area contributed by atoms with E-state index in [0.29, 0.717) is 0 Å². The number of rotatable bonds is 20. The molecule has 2 aliphatic rings. The van der Waals surface area contributed by atoms with Gasteiger partial charge in [0.25, 0.3) is 0 Å². The fourth-order valence-electron chi connectivity index (χ4n) is 7.50. The maximum absolute atomic E-state index is 13.1. The second kappa shape index (κ2) is 23.4. The summed E-state index contributed by atoms with van der Waals surface area (Å²) in [4.78, 5) is 26.1. The number of esters is 1. The molecule has 2 heterocycles. The number of hydrogen-bond acceptors (Lipinski definition) is 12. The molecule has 0 aromatic heterocycles. The Balaban J connectivity index is 1.38. The van der Waals surface area contributed by atoms with Crippen LogP contribution in [0.3, 0.4) is 0 Å². The van der Waals surface area contributed by atoms with Crippen LogP contribution in [-0.4, -0.2) is 99.9 Å². The van der Waals surface area contributed by atoms with Crippen LogP contribution in [0.25, 0.3) is 0 Å². The number of hydrogen-bond donors (Lipinski definition) is 2. The zero-order valence-electron chi connectivity index (χ0n) is 38.9. The first-order valence-corrected chi connectivity index (χ1v) is 25.3. The molecule has 0 unspecified atom stereocenters. The lowest BCUT2D eigenvalue weighted by Crippen LogP contribution is -2.68. The van der Waals surface area contributed by atoms with Gasteiger partial charge in [0.2, 0.25) is 5.91 Å². The second-order valence-corrected chi connectivity index (χ2v) is 23.2. The molecule has 1 amide bonds. The van der Waals surface area contributed by atoms with Gasteiger partial charge in [-0.3, -0.25) is 9.59 Å². The largest absolute Gasteiger partial charge is 0.454 e. The maximum atomic E-state index is 13.1. The summed E-state index contributed by atoms with van der Waals surface area (Å²) in [6, 6.07) is 35.8. The van der Waals surface area contributed by atoms with E-state index in [9.17, 15) is 14.7 Å². The van der Waals surface area contributed by atoms with Gasteiger partial charge >= 0.3 is 5.97 Å². The third-order valence-electron chi connectivity index (χ3n) is 12.1. The molecule has 2 aliphatic heterocycles. The summed E-state index contributed by atoms with van der Waals surface area (Å²) < 4.78 is 59.3. The molecule has 2 fully saturated rings. The Morgan fingerprint density at radius 2 is 1.14 bits per heavy atom. The van der Waals surface area contributed by atoms with E-state index in [-0.39, 0.29) is 44.7 Å². The van der Waals surface area contributed by atoms with E-state index >= 15 is 0 Å². The van der Waals surface area contributed by atoms with E-state index < -0.39 is 81.5 Å². The number of ether oxygens (including phenoxy) is 8. The van der Waals surface area contributed by atoms with Crippen molar-refractivity contribution in [2.24, 2.45) is 0 Å². The summed E-state index contributed by atoms with van der Waals surface area (Å²) in [7, 11) is -2.38. The SMILES string of the molecule is CC(=O)N[C@H]1[C@H](OCc2ccccc2)O[C@H](COCc2ccc(C)cc2)[C@@H](O)[C@@H]1O[C@@H]1O[C@H](CO[Si](C)(C)C(C)(C)C)[C@@H](OCc2ccccc2)[C@H](OCc2ccccc2)[C@H]1OC(C)=O. The van der Waals surface area contributed by atoms with E-state index in [1.165, 1.54) is 13.8 Å². The van der Waals surface area contributed by atoms with Gasteiger partial charge in [-0.05, 0) is 47.3 Å². The fraction of sp³-hybridized carbons (Fsp3) is 0.490. The van der Waals surface area contributed by atoms with E-state index in [1.807, 2.05) is 122 Å². The zero-order valence-corrected chi connectivity index (χ0v) is 39.9. The Bertz CT molecular complexity index is 2050. The lowest BCUT2D eigenvalue weighted by Gasteiger charge is -2.50. The smallest absolute Gasteiger partial charge is 0.303 e. The van der Waals surface area contributed by atoms with E-state index in [1.54, 1.807) is 0 Å². The van der Waals surface area contributed by atoms with Crippen molar-refractivity contribution < 1.29 is 57.0 Å². The van der Waals surface area contributed by atoms with Crippen molar-refractivity contribution in [3.8, 4) is 0 Å². The van der Waals surface area contributed by atoms with Crippen LogP contribution < -0.4 is 5.32 Å². The highest BCUT2D eigenvalue weighted by Gasteiger charge is 2.55. The molecule has 10 atom stereocenters. The van der Waals surface area contributed by atoms with E-state index in [0.717, 1.165) is 27.8 Å². The molecule has 13 nitrogen and oxygen atoms in total. The molecular weight excluding hydrogens is 847 g/mol. The number of benzene rings is 4. The minimum atomic E-state index is -2.38. The summed E-state index contributed by atoms with van der Waals surface area (Å²) in [6.45, 7) is 16.2. The van der Waals surface area contributed by atoms with E-state index in [4.69, 9.17) is 42.3 Å². The predicted octanol–water partition coefficient (Wildman–Crippen LogP) is 7.55. The van der Waals surface area contributed by atoms with Crippen LogP contribution in [-0.2, 0) is 78.3 Å². The molecule has 65 heavy (non-hydrogen) atoms. The average molecular weight is 914 g/mol. The molecule has 0 saturated carbocycles. The van der Waals surface area contributed by atoms with Crippen LogP contribution in [0.4, 0.5) is 0 Å². The van der Waals surface area contributed by atoms with Crippen LogP contribution in [0.1, 0.15) is 62.4 Å². The van der Waals surface area contributed by atoms with Gasteiger partial charge in [0.1, 0.15) is 42.7 Å². The molecule has 6 rings (SSSR count). The standard InChI is InChI=1S/C51H67NO12Si/c1-34-24-26-40(27-25-34)28-56-32-41-44(55)46(43(52-35(2)53)49(62-41)59-31-39-22-16-11-17-23-39)64-50-48(61-36(3)54)47(58-30-38-20-14-10-15-21-38)45(57-29-37-18-12-9-13-19-37)42(63-50)33-60-65(7,8)51(4,5)6/h9-27,41-50,55H,28-33H2,1-8H3,(H,52,53)/t41-,42-,43-,44-,45-,46-,47+,48-,49-,50+/m1/s1. The van der Waals surface area contributed by atoms with Crippen molar-refractivity contribution in [3.05, 3.63) is 143 Å². The summed E-state index contributed by atoms with van der Waals surface area (Å²) in [5, 5.41) is 15.1. The predicted molar refractivity (Wildman–Crippen MR) is 247 cm³/mol. The summed E-state index contributed by atoms with van der Waals surface area (Å²) >= 11 is 0. The fourth-order valence-corrected chi connectivity index (χ4v) is 8.52. The molecule has 2 N–H and O–H groups in total. The van der Waals surface area contributed by atoms with Crippen molar-refractivity contribution in [3.63, 3.8) is 0 Å².